The molecule has 33 heavy (non-hydrogen) atoms. The van der Waals surface area contributed by atoms with Crippen molar-refractivity contribution < 1.29 is 22.7 Å². The number of hydrogen-bond donors (Lipinski definition) is 0. The quantitative estimate of drug-likeness (QED) is 0.646. The van der Waals surface area contributed by atoms with Crippen LogP contribution < -0.4 is 9.47 Å². The lowest BCUT2D eigenvalue weighted by molar-refractivity contribution is -0.132. The molecule has 2 aromatic rings. The third kappa shape index (κ3) is 4.59. The predicted octanol–water partition coefficient (Wildman–Crippen LogP) is 3.54. The van der Waals surface area contributed by atoms with Crippen molar-refractivity contribution in [3.8, 4) is 11.5 Å². The Morgan fingerprint density at radius 3 is 2.39 bits per heavy atom. The fourth-order valence-corrected chi connectivity index (χ4v) is 6.50. The number of sulfonamides is 1. The first kappa shape index (κ1) is 22.2. The molecule has 0 aliphatic carbocycles. The van der Waals surface area contributed by atoms with Crippen molar-refractivity contribution in [3.05, 3.63) is 53.6 Å². The van der Waals surface area contributed by atoms with Crippen LogP contribution in [0.4, 0.5) is 0 Å². The van der Waals surface area contributed by atoms with Gasteiger partial charge in [0.05, 0.1) is 10.9 Å². The number of aryl methyl sites for hydroxylation is 1. The summed E-state index contributed by atoms with van der Waals surface area (Å²) in [6.07, 6.45) is 4.75. The Morgan fingerprint density at radius 2 is 1.64 bits per heavy atom. The lowest BCUT2D eigenvalue weighted by Crippen LogP contribution is -2.30. The number of rotatable bonds is 6. The fourth-order valence-electron chi connectivity index (χ4n) is 4.98. The molecule has 1 atom stereocenters. The standard InChI is InChI=1S/C25H30N2O5S/c28-25(12-7-19-5-9-21(10-6-19)33(29,30)26-13-1-2-14-26)27-15-3-4-22(27)20-8-11-23-24(18-20)32-17-16-31-23/h5-6,8-11,18,22H,1-4,7,12-17H2/t22-/m1/s1. The highest BCUT2D eigenvalue weighted by atomic mass is 32.2. The number of ether oxygens (including phenoxy) is 2. The SMILES string of the molecule is O=C(CCc1ccc(S(=O)(=O)N2CCCC2)cc1)N1CCC[C@@H]1c1ccc2c(c1)OCCO2. The molecule has 1 amide bonds. The summed E-state index contributed by atoms with van der Waals surface area (Å²) < 4.78 is 38.3. The summed E-state index contributed by atoms with van der Waals surface area (Å²) in [4.78, 5) is 15.4. The van der Waals surface area contributed by atoms with E-state index >= 15 is 0 Å². The van der Waals surface area contributed by atoms with Gasteiger partial charge in [-0.05, 0) is 67.5 Å². The molecular weight excluding hydrogens is 440 g/mol. The minimum absolute atomic E-state index is 0.0568. The Bertz CT molecular complexity index is 1110. The minimum atomic E-state index is -3.41. The Kier molecular flexibility index (Phi) is 6.29. The lowest BCUT2D eigenvalue weighted by atomic mass is 10.0. The maximum absolute atomic E-state index is 13.1. The molecule has 8 heteroatoms. The third-order valence-electron chi connectivity index (χ3n) is 6.78. The van der Waals surface area contributed by atoms with Gasteiger partial charge in [-0.3, -0.25) is 4.79 Å². The zero-order chi connectivity index (χ0) is 22.8. The first-order valence-electron chi connectivity index (χ1n) is 11.8. The summed E-state index contributed by atoms with van der Waals surface area (Å²) in [5.41, 5.74) is 2.06. The van der Waals surface area contributed by atoms with Gasteiger partial charge in [-0.1, -0.05) is 18.2 Å². The van der Waals surface area contributed by atoms with E-state index in [0.29, 0.717) is 44.0 Å². The minimum Gasteiger partial charge on any atom is -0.486 e. The van der Waals surface area contributed by atoms with Crippen LogP contribution in [0.1, 0.15) is 49.3 Å². The average Bonchev–Trinajstić information content (AvgIpc) is 3.55. The molecular formula is C25H30N2O5S. The first-order chi connectivity index (χ1) is 16.0. The lowest BCUT2D eigenvalue weighted by Gasteiger charge is -2.27. The Morgan fingerprint density at radius 1 is 0.909 bits per heavy atom. The van der Waals surface area contributed by atoms with Crippen LogP contribution in [-0.2, 0) is 21.2 Å². The first-order valence-corrected chi connectivity index (χ1v) is 13.2. The van der Waals surface area contributed by atoms with Crippen LogP contribution in [0.2, 0.25) is 0 Å². The molecule has 3 aliphatic heterocycles. The molecule has 0 unspecified atom stereocenters. The normalized spacial score (nSPS) is 20.8. The second-order valence-corrected chi connectivity index (χ2v) is 10.8. The second-order valence-electron chi connectivity index (χ2n) is 8.90. The summed E-state index contributed by atoms with van der Waals surface area (Å²) >= 11 is 0. The maximum atomic E-state index is 13.1. The number of carbonyl (C=O) groups excluding carboxylic acids is 1. The van der Waals surface area contributed by atoms with E-state index in [9.17, 15) is 13.2 Å². The molecule has 5 rings (SSSR count). The van der Waals surface area contributed by atoms with Crippen molar-refractivity contribution in [2.75, 3.05) is 32.8 Å². The number of benzene rings is 2. The van der Waals surface area contributed by atoms with Crippen molar-refractivity contribution in [2.24, 2.45) is 0 Å². The van der Waals surface area contributed by atoms with Crippen LogP contribution in [0.5, 0.6) is 11.5 Å². The smallest absolute Gasteiger partial charge is 0.243 e. The molecule has 3 aliphatic rings. The Balaban J connectivity index is 1.21. The molecule has 2 fully saturated rings. The van der Waals surface area contributed by atoms with Gasteiger partial charge in [-0.15, -0.1) is 0 Å². The number of fused-ring (bicyclic) bond motifs is 1. The van der Waals surface area contributed by atoms with Crippen molar-refractivity contribution in [2.45, 2.75) is 49.5 Å². The van der Waals surface area contributed by atoms with Gasteiger partial charge >= 0.3 is 0 Å². The predicted molar refractivity (Wildman–Crippen MR) is 124 cm³/mol. The van der Waals surface area contributed by atoms with E-state index in [0.717, 1.165) is 54.9 Å². The molecule has 2 aromatic carbocycles. The number of amides is 1. The highest BCUT2D eigenvalue weighted by Gasteiger charge is 2.31. The van der Waals surface area contributed by atoms with E-state index in [4.69, 9.17) is 9.47 Å². The molecule has 0 N–H and O–H groups in total. The molecule has 0 aromatic heterocycles. The molecule has 0 radical (unpaired) electrons. The summed E-state index contributed by atoms with van der Waals surface area (Å²) in [7, 11) is -3.41. The van der Waals surface area contributed by atoms with Gasteiger partial charge in [-0.25, -0.2) is 8.42 Å². The van der Waals surface area contributed by atoms with Gasteiger partial charge in [0.1, 0.15) is 13.2 Å². The number of likely N-dealkylation sites (tertiary alicyclic amines) is 1. The summed E-state index contributed by atoms with van der Waals surface area (Å²) in [6.45, 7) is 3.05. The van der Waals surface area contributed by atoms with Crippen LogP contribution in [0.25, 0.3) is 0 Å². The number of hydrogen-bond acceptors (Lipinski definition) is 5. The van der Waals surface area contributed by atoms with E-state index in [1.165, 1.54) is 0 Å². The van der Waals surface area contributed by atoms with Crippen molar-refractivity contribution >= 4 is 15.9 Å². The van der Waals surface area contributed by atoms with E-state index in [1.54, 1.807) is 16.4 Å². The van der Waals surface area contributed by atoms with Crippen molar-refractivity contribution in [1.29, 1.82) is 0 Å². The zero-order valence-corrected chi connectivity index (χ0v) is 19.6. The molecule has 0 bridgehead atoms. The van der Waals surface area contributed by atoms with Gasteiger partial charge in [0.25, 0.3) is 0 Å². The Labute approximate surface area is 195 Å². The fraction of sp³-hybridized carbons (Fsp3) is 0.480. The second kappa shape index (κ2) is 9.35. The summed E-state index contributed by atoms with van der Waals surface area (Å²) in [5, 5.41) is 0. The van der Waals surface area contributed by atoms with E-state index in [1.807, 2.05) is 35.2 Å². The Hall–Kier alpha value is -2.58. The third-order valence-corrected chi connectivity index (χ3v) is 8.69. The summed E-state index contributed by atoms with van der Waals surface area (Å²) in [5.74, 6) is 1.64. The van der Waals surface area contributed by atoms with Crippen LogP contribution in [0, 0.1) is 0 Å². The van der Waals surface area contributed by atoms with E-state index < -0.39 is 10.0 Å². The largest absolute Gasteiger partial charge is 0.486 e. The number of carbonyl (C=O) groups is 1. The highest BCUT2D eigenvalue weighted by Crippen LogP contribution is 2.38. The monoisotopic (exact) mass is 470 g/mol. The average molecular weight is 471 g/mol. The molecule has 3 heterocycles. The van der Waals surface area contributed by atoms with E-state index in [2.05, 4.69) is 0 Å². The topological polar surface area (TPSA) is 76.2 Å². The van der Waals surface area contributed by atoms with Gasteiger partial charge in [0.15, 0.2) is 11.5 Å². The van der Waals surface area contributed by atoms with Crippen LogP contribution >= 0.6 is 0 Å². The number of nitrogens with zero attached hydrogens (tertiary/aromatic N) is 2. The zero-order valence-electron chi connectivity index (χ0n) is 18.7. The molecule has 176 valence electrons. The maximum Gasteiger partial charge on any atom is 0.243 e. The molecule has 0 saturated carbocycles. The van der Waals surface area contributed by atoms with Crippen molar-refractivity contribution in [3.63, 3.8) is 0 Å². The van der Waals surface area contributed by atoms with Gasteiger partial charge < -0.3 is 14.4 Å². The van der Waals surface area contributed by atoms with Gasteiger partial charge in [0.2, 0.25) is 15.9 Å². The van der Waals surface area contributed by atoms with Gasteiger partial charge in [-0.2, -0.15) is 4.31 Å². The van der Waals surface area contributed by atoms with Crippen LogP contribution in [0.3, 0.4) is 0 Å². The van der Waals surface area contributed by atoms with E-state index in [-0.39, 0.29) is 11.9 Å². The molecule has 7 nitrogen and oxygen atoms in total. The highest BCUT2D eigenvalue weighted by molar-refractivity contribution is 7.89. The summed E-state index contributed by atoms with van der Waals surface area (Å²) in [6, 6.07) is 13.0. The van der Waals surface area contributed by atoms with Crippen molar-refractivity contribution in [1.82, 2.24) is 9.21 Å². The van der Waals surface area contributed by atoms with Crippen LogP contribution in [0.15, 0.2) is 47.4 Å². The van der Waals surface area contributed by atoms with Crippen LogP contribution in [-0.4, -0.2) is 56.4 Å². The van der Waals surface area contributed by atoms with Gasteiger partial charge in [0, 0.05) is 26.1 Å². The molecule has 0 spiro atoms. The molecule has 2 saturated heterocycles.